The van der Waals surface area contributed by atoms with E-state index < -0.39 is 6.09 Å². The average molecular weight is 391 g/mol. The highest BCUT2D eigenvalue weighted by Gasteiger charge is 2.15. The second-order valence-electron chi connectivity index (χ2n) is 6.35. The molecule has 8 nitrogen and oxygen atoms in total. The van der Waals surface area contributed by atoms with Gasteiger partial charge in [0.05, 0.1) is 11.7 Å². The van der Waals surface area contributed by atoms with Gasteiger partial charge in [0, 0.05) is 18.1 Å². The van der Waals surface area contributed by atoms with Crippen LogP contribution in [-0.4, -0.2) is 27.3 Å². The Morgan fingerprint density at radius 3 is 2.72 bits per heavy atom. The Morgan fingerprint density at radius 2 is 1.97 bits per heavy atom. The molecule has 2 aromatic carbocycles. The molecule has 0 spiro atoms. The Kier molecular flexibility index (Phi) is 5.26. The third-order valence-electron chi connectivity index (χ3n) is 4.41. The summed E-state index contributed by atoms with van der Waals surface area (Å²) in [5.41, 5.74) is 5.14. The molecule has 1 amide bonds. The number of carbonyl (C=O) groups excluding carboxylic acids is 1. The van der Waals surface area contributed by atoms with Gasteiger partial charge in [0.2, 0.25) is 0 Å². The van der Waals surface area contributed by atoms with Crippen molar-refractivity contribution in [2.24, 2.45) is 0 Å². The minimum atomic E-state index is -1.44. The van der Waals surface area contributed by atoms with E-state index >= 15 is 0 Å². The fraction of sp³-hybridized carbons (Fsp3) is 0.190. The lowest BCUT2D eigenvalue weighted by atomic mass is 10.2. The van der Waals surface area contributed by atoms with E-state index in [1.165, 1.54) is 4.68 Å². The van der Waals surface area contributed by atoms with Gasteiger partial charge in [-0.15, -0.1) is 0 Å². The number of carbonyl (C=O) groups is 1. The molecule has 0 fully saturated rings. The number of carboxylic acid groups (broad SMARTS) is 1. The van der Waals surface area contributed by atoms with E-state index in [1.54, 1.807) is 6.20 Å². The number of ether oxygens (including phenoxy) is 2. The number of hydrogen-bond donors (Lipinski definition) is 1. The molecule has 0 aliphatic heterocycles. The van der Waals surface area contributed by atoms with Crippen LogP contribution < -0.4 is 15.3 Å². The Balaban J connectivity index is 1.72. The van der Waals surface area contributed by atoms with Crippen molar-refractivity contribution in [3.8, 4) is 5.75 Å². The second kappa shape index (κ2) is 8.15. The van der Waals surface area contributed by atoms with Gasteiger partial charge >= 0.3 is 0 Å². The number of imidazole rings is 1. The maximum Gasteiger partial charge on any atom is 0.154 e. The summed E-state index contributed by atoms with van der Waals surface area (Å²) in [7, 11) is 0. The van der Waals surface area contributed by atoms with Crippen LogP contribution in [0.25, 0.3) is 21.9 Å². The van der Waals surface area contributed by atoms with Crippen LogP contribution in [0.4, 0.5) is 4.79 Å². The lowest BCUT2D eigenvalue weighted by Crippen LogP contribution is -2.35. The summed E-state index contributed by atoms with van der Waals surface area (Å²) in [4.78, 5) is 20.1. The molecule has 0 aliphatic rings. The molecule has 2 heterocycles. The minimum absolute atomic E-state index is 0.158. The molecule has 0 saturated carbocycles. The summed E-state index contributed by atoms with van der Waals surface area (Å²) in [6, 6.07) is 15.3. The molecule has 4 rings (SSSR count). The van der Waals surface area contributed by atoms with Crippen LogP contribution in [0.15, 0.2) is 54.7 Å². The van der Waals surface area contributed by atoms with Gasteiger partial charge in [0.15, 0.2) is 11.9 Å². The summed E-state index contributed by atoms with van der Waals surface area (Å²) in [6.45, 7) is 2.94. The highest BCUT2D eigenvalue weighted by molar-refractivity contribution is 6.03. The first-order chi connectivity index (χ1) is 14.2. The predicted octanol–water partition coefficient (Wildman–Crippen LogP) is 2.59. The van der Waals surface area contributed by atoms with Crippen LogP contribution in [0, 0.1) is 0 Å². The fourth-order valence-electron chi connectivity index (χ4n) is 3.12. The lowest BCUT2D eigenvalue weighted by molar-refractivity contribution is -0.243. The first kappa shape index (κ1) is 18.7. The molecule has 4 aromatic rings. The molecule has 0 atom stereocenters. The molecule has 2 aromatic heterocycles. The standard InChI is InChI=1S/C21H20N4O4/c1-2-28-13-19-23-18-11-22-17-10-15(29-12-14-6-4-3-5-7-14)8-9-16(17)20(18)25(19)24-21(26)27/h3-11,24H,2,12-13H2,1H3,(H,26,27)/p-1. The predicted molar refractivity (Wildman–Crippen MR) is 106 cm³/mol. The number of rotatable bonds is 7. The molecule has 0 radical (unpaired) electrons. The number of benzene rings is 2. The molecular formula is C21H19N4O4-. The quantitative estimate of drug-likeness (QED) is 0.520. The molecule has 1 N–H and O–H groups in total. The van der Waals surface area contributed by atoms with Crippen molar-refractivity contribution in [3.05, 3.63) is 66.1 Å². The smallest absolute Gasteiger partial charge is 0.154 e. The van der Waals surface area contributed by atoms with Crippen molar-refractivity contribution in [3.63, 3.8) is 0 Å². The highest BCUT2D eigenvalue weighted by Crippen LogP contribution is 2.27. The Bertz CT molecular complexity index is 1160. The molecule has 148 valence electrons. The fourth-order valence-corrected chi connectivity index (χ4v) is 3.12. The molecule has 0 saturated heterocycles. The van der Waals surface area contributed by atoms with Crippen molar-refractivity contribution in [1.82, 2.24) is 14.6 Å². The number of aromatic nitrogens is 3. The monoisotopic (exact) mass is 391 g/mol. The van der Waals surface area contributed by atoms with Gasteiger partial charge in [-0.3, -0.25) is 10.4 Å². The minimum Gasteiger partial charge on any atom is -0.529 e. The molecule has 0 aliphatic carbocycles. The second-order valence-corrected chi connectivity index (χ2v) is 6.35. The largest absolute Gasteiger partial charge is 0.529 e. The Hall–Kier alpha value is -3.65. The van der Waals surface area contributed by atoms with E-state index in [2.05, 4.69) is 15.4 Å². The summed E-state index contributed by atoms with van der Waals surface area (Å²) in [6.07, 6.45) is 0.163. The van der Waals surface area contributed by atoms with E-state index in [0.29, 0.717) is 41.3 Å². The molecule has 0 bridgehead atoms. The summed E-state index contributed by atoms with van der Waals surface area (Å²) < 4.78 is 12.6. The van der Waals surface area contributed by atoms with Crippen molar-refractivity contribution in [2.45, 2.75) is 20.1 Å². The number of fused-ring (bicyclic) bond motifs is 3. The molecule has 29 heavy (non-hydrogen) atoms. The normalized spacial score (nSPS) is 11.1. The third kappa shape index (κ3) is 3.97. The van der Waals surface area contributed by atoms with Gasteiger partial charge < -0.3 is 19.4 Å². The van der Waals surface area contributed by atoms with E-state index in [-0.39, 0.29) is 6.61 Å². The third-order valence-corrected chi connectivity index (χ3v) is 4.41. The van der Waals surface area contributed by atoms with Crippen LogP contribution >= 0.6 is 0 Å². The van der Waals surface area contributed by atoms with Gasteiger partial charge in [-0.1, -0.05) is 30.3 Å². The zero-order valence-electron chi connectivity index (χ0n) is 15.8. The molecular weight excluding hydrogens is 372 g/mol. The summed E-state index contributed by atoms with van der Waals surface area (Å²) >= 11 is 0. The van der Waals surface area contributed by atoms with Crippen molar-refractivity contribution < 1.29 is 19.4 Å². The van der Waals surface area contributed by atoms with Gasteiger partial charge in [-0.2, -0.15) is 0 Å². The van der Waals surface area contributed by atoms with Crippen LogP contribution in [0.3, 0.4) is 0 Å². The maximum atomic E-state index is 11.2. The number of amides is 1. The lowest BCUT2D eigenvalue weighted by Gasteiger charge is -2.13. The van der Waals surface area contributed by atoms with E-state index in [4.69, 9.17) is 9.47 Å². The topological polar surface area (TPSA) is 101 Å². The average Bonchev–Trinajstić information content (AvgIpc) is 3.08. The van der Waals surface area contributed by atoms with Crippen molar-refractivity contribution in [2.75, 3.05) is 12.0 Å². The highest BCUT2D eigenvalue weighted by atomic mass is 16.5. The van der Waals surface area contributed by atoms with Gasteiger partial charge in [-0.05, 0) is 24.6 Å². The molecule has 0 unspecified atom stereocenters. The van der Waals surface area contributed by atoms with E-state index in [9.17, 15) is 9.90 Å². The maximum absolute atomic E-state index is 11.2. The van der Waals surface area contributed by atoms with Crippen LogP contribution in [-0.2, 0) is 18.0 Å². The van der Waals surface area contributed by atoms with Crippen LogP contribution in [0.1, 0.15) is 18.3 Å². The number of hydrogen-bond acceptors (Lipinski definition) is 6. The zero-order chi connectivity index (χ0) is 20.2. The van der Waals surface area contributed by atoms with Crippen LogP contribution in [0.2, 0.25) is 0 Å². The van der Waals surface area contributed by atoms with Gasteiger partial charge in [-0.25, -0.2) is 9.66 Å². The summed E-state index contributed by atoms with van der Waals surface area (Å²) in [5.74, 6) is 1.09. The number of nitrogens with zero attached hydrogens (tertiary/aromatic N) is 3. The number of pyridine rings is 1. The van der Waals surface area contributed by atoms with Gasteiger partial charge in [0.25, 0.3) is 0 Å². The first-order valence-corrected chi connectivity index (χ1v) is 9.18. The van der Waals surface area contributed by atoms with Crippen LogP contribution in [0.5, 0.6) is 5.75 Å². The molecule has 8 heteroatoms. The SMILES string of the molecule is CCOCc1nc2cnc3cc(OCc4ccccc4)ccc3c2n1NC(=O)[O-]. The van der Waals surface area contributed by atoms with Gasteiger partial charge in [0.1, 0.15) is 30.0 Å². The Labute approximate surface area is 166 Å². The first-order valence-electron chi connectivity index (χ1n) is 9.18. The Morgan fingerprint density at radius 1 is 1.14 bits per heavy atom. The zero-order valence-corrected chi connectivity index (χ0v) is 15.8. The van der Waals surface area contributed by atoms with Crippen molar-refractivity contribution in [1.29, 1.82) is 0 Å². The summed E-state index contributed by atoms with van der Waals surface area (Å²) in [5, 5.41) is 11.9. The van der Waals surface area contributed by atoms with E-state index in [0.717, 1.165) is 10.9 Å². The van der Waals surface area contributed by atoms with Crippen molar-refractivity contribution >= 4 is 28.0 Å². The van der Waals surface area contributed by atoms with E-state index in [1.807, 2.05) is 55.5 Å². The number of nitrogens with one attached hydrogen (secondary N) is 1.